The fourth-order valence-corrected chi connectivity index (χ4v) is 3.85. The van der Waals surface area contributed by atoms with Crippen molar-refractivity contribution in [2.45, 2.75) is 163 Å². The Morgan fingerprint density at radius 1 is 0.429 bits per heavy atom. The summed E-state index contributed by atoms with van der Waals surface area (Å²) in [6.07, 6.45) is 37.3. The van der Waals surface area contributed by atoms with Gasteiger partial charge in [-0.15, -0.1) is 12.8 Å². The molecule has 0 fully saturated rings. The summed E-state index contributed by atoms with van der Waals surface area (Å²) in [5, 5.41) is 0. The van der Waals surface area contributed by atoms with Crippen LogP contribution in [0.1, 0.15) is 163 Å². The summed E-state index contributed by atoms with van der Waals surface area (Å²) in [5.41, 5.74) is 0. The minimum atomic E-state index is 0.964. The van der Waals surface area contributed by atoms with E-state index in [4.69, 9.17) is 0 Å². The van der Waals surface area contributed by atoms with Crippen LogP contribution in [0.25, 0.3) is 0 Å². The maximum absolute atomic E-state index is 4.00. The third-order valence-corrected chi connectivity index (χ3v) is 5.58. The first kappa shape index (κ1) is 32.2. The molecule has 0 aromatic rings. The molecule has 0 aliphatic heterocycles. The highest BCUT2D eigenvalue weighted by Gasteiger charge is 2.00. The van der Waals surface area contributed by atoms with Gasteiger partial charge < -0.3 is 0 Å². The van der Waals surface area contributed by atoms with Gasteiger partial charge in [-0.25, -0.2) is 0 Å². The predicted molar refractivity (Wildman–Crippen MR) is 134 cm³/mol. The molecule has 0 aliphatic rings. The summed E-state index contributed by atoms with van der Waals surface area (Å²) in [6, 6.07) is 0. The first-order valence-electron chi connectivity index (χ1n) is 13.1. The number of rotatable bonds is 20. The van der Waals surface area contributed by atoms with Crippen molar-refractivity contribution in [3.05, 3.63) is 0 Å². The van der Waals surface area contributed by atoms with Crippen LogP contribution < -0.4 is 0 Å². The number of hydrogen-bond acceptors (Lipinski definition) is 0. The Bertz CT molecular complexity index is 240. The van der Waals surface area contributed by atoms with E-state index < -0.39 is 0 Å². The molecule has 0 N–H and O–H groups in total. The third kappa shape index (κ3) is 33.2. The quantitative estimate of drug-likeness (QED) is 0.142. The first-order chi connectivity index (χ1) is 13.8. The van der Waals surface area contributed by atoms with Crippen LogP contribution in [0.2, 0.25) is 0 Å². The zero-order chi connectivity index (χ0) is 21.7. The zero-order valence-electron chi connectivity index (χ0n) is 20.9. The molecule has 0 rings (SSSR count). The molecule has 0 aromatic carbocycles. The van der Waals surface area contributed by atoms with Crippen LogP contribution in [0.4, 0.5) is 0 Å². The Kier molecular flexibility index (Phi) is 39.2. The second kappa shape index (κ2) is 34.1. The largest absolute Gasteiger partial charge is 0.124 e. The van der Waals surface area contributed by atoms with E-state index in [0.29, 0.717) is 0 Å². The van der Waals surface area contributed by atoms with Crippen LogP contribution in [0.15, 0.2) is 0 Å². The minimum Gasteiger partial charge on any atom is -0.124 e. The third-order valence-electron chi connectivity index (χ3n) is 5.58. The van der Waals surface area contributed by atoms with Crippen molar-refractivity contribution in [3.63, 3.8) is 0 Å². The van der Waals surface area contributed by atoms with Gasteiger partial charge in [-0.05, 0) is 5.92 Å². The van der Waals surface area contributed by atoms with Gasteiger partial charge in [-0.2, -0.15) is 0 Å². The molecule has 0 saturated heterocycles. The lowest BCUT2D eigenvalue weighted by molar-refractivity contribution is 0.449. The normalized spacial score (nSPS) is 11.1. The van der Waals surface area contributed by atoms with Crippen molar-refractivity contribution in [1.29, 1.82) is 0 Å². The van der Waals surface area contributed by atoms with Gasteiger partial charge in [0, 0.05) is 0 Å². The second-order valence-electron chi connectivity index (χ2n) is 8.34. The molecule has 0 spiro atoms. The summed E-state index contributed by atoms with van der Waals surface area (Å²) in [7, 11) is 0. The molecular weight excluding hydrogens is 336 g/mol. The smallest absolute Gasteiger partial charge is 0.0443 e. The Morgan fingerprint density at radius 3 is 1.00 bits per heavy atom. The van der Waals surface area contributed by atoms with Crippen LogP contribution in [0, 0.1) is 18.8 Å². The van der Waals surface area contributed by atoms with Gasteiger partial charge in [-0.1, -0.05) is 163 Å². The van der Waals surface area contributed by atoms with E-state index in [9.17, 15) is 0 Å². The molecule has 0 nitrogen and oxygen atoms in total. The molecule has 170 valence electrons. The fraction of sp³-hybridized carbons (Fsp3) is 0.929. The lowest BCUT2D eigenvalue weighted by Gasteiger charge is -2.09. The van der Waals surface area contributed by atoms with Crippen molar-refractivity contribution in [2.75, 3.05) is 0 Å². The lowest BCUT2D eigenvalue weighted by Crippen LogP contribution is -1.93. The molecule has 0 amide bonds. The molecular formula is C28H58. The summed E-state index contributed by atoms with van der Waals surface area (Å²) in [5.74, 6) is 0.964. The van der Waals surface area contributed by atoms with Crippen molar-refractivity contribution in [2.24, 2.45) is 5.92 Å². The average Bonchev–Trinajstić information content (AvgIpc) is 2.73. The number of hydrogen-bond donors (Lipinski definition) is 0. The van der Waals surface area contributed by atoms with E-state index in [0.717, 1.165) is 5.92 Å². The van der Waals surface area contributed by atoms with Crippen molar-refractivity contribution < 1.29 is 0 Å². The molecule has 0 aliphatic carbocycles. The minimum absolute atomic E-state index is 0.964. The maximum Gasteiger partial charge on any atom is -0.0443 e. The van der Waals surface area contributed by atoms with Crippen LogP contribution in [-0.4, -0.2) is 0 Å². The zero-order valence-corrected chi connectivity index (χ0v) is 20.9. The first-order valence-corrected chi connectivity index (χ1v) is 13.1. The summed E-state index contributed by atoms with van der Waals surface area (Å²) < 4.78 is 0. The van der Waals surface area contributed by atoms with Crippen molar-refractivity contribution in [3.8, 4) is 12.8 Å². The fourth-order valence-electron chi connectivity index (χ4n) is 3.85. The van der Waals surface area contributed by atoms with Crippen molar-refractivity contribution >= 4 is 0 Å². The van der Waals surface area contributed by atoms with Gasteiger partial charge in [0.1, 0.15) is 0 Å². The summed E-state index contributed by atoms with van der Waals surface area (Å²) in [4.78, 5) is 0. The Labute approximate surface area is 182 Å². The van der Waals surface area contributed by atoms with Crippen LogP contribution in [-0.2, 0) is 0 Å². The predicted octanol–water partition coefficient (Wildman–Crippen LogP) is 10.7. The van der Waals surface area contributed by atoms with Gasteiger partial charge in [0.15, 0.2) is 0 Å². The molecule has 28 heavy (non-hydrogen) atoms. The van der Waals surface area contributed by atoms with Gasteiger partial charge >= 0.3 is 0 Å². The standard InChI is InChI=1S/C24H50.C2H6.C2H2/c1-4-6-7-8-9-10-11-12-13-14-15-16-17-18-19-20-21-23-24(3)22-5-2;2*1-2/h24H,4-23H2,1-3H3;1-2H3;1-2H. The van der Waals surface area contributed by atoms with Gasteiger partial charge in [-0.3, -0.25) is 0 Å². The van der Waals surface area contributed by atoms with E-state index in [1.54, 1.807) is 0 Å². The number of unbranched alkanes of at least 4 members (excludes halogenated alkanes) is 16. The maximum atomic E-state index is 4.00. The average molecular weight is 395 g/mol. The van der Waals surface area contributed by atoms with Gasteiger partial charge in [0.2, 0.25) is 0 Å². The molecule has 0 bridgehead atoms. The van der Waals surface area contributed by atoms with Crippen LogP contribution >= 0.6 is 0 Å². The highest BCUT2D eigenvalue weighted by Crippen LogP contribution is 2.17. The molecule has 0 heteroatoms. The topological polar surface area (TPSA) is 0 Å². The lowest BCUT2D eigenvalue weighted by atomic mass is 9.98. The number of terminal acetylenes is 1. The monoisotopic (exact) mass is 394 g/mol. The second-order valence-corrected chi connectivity index (χ2v) is 8.34. The van der Waals surface area contributed by atoms with Crippen molar-refractivity contribution in [1.82, 2.24) is 0 Å². The Morgan fingerprint density at radius 2 is 0.714 bits per heavy atom. The van der Waals surface area contributed by atoms with E-state index in [1.165, 1.54) is 128 Å². The Balaban J connectivity index is -0.00000146. The van der Waals surface area contributed by atoms with Crippen LogP contribution in [0.3, 0.4) is 0 Å². The van der Waals surface area contributed by atoms with Crippen LogP contribution in [0.5, 0.6) is 0 Å². The molecule has 1 atom stereocenters. The van der Waals surface area contributed by atoms with Gasteiger partial charge in [0.25, 0.3) is 0 Å². The SMILES string of the molecule is C#C.CC.CCCCCCCCCCCCCCCCCCCC(C)CCC. The molecule has 1 unspecified atom stereocenters. The molecule has 0 radical (unpaired) electrons. The molecule has 0 saturated carbocycles. The molecule has 0 heterocycles. The molecule has 0 aromatic heterocycles. The highest BCUT2D eigenvalue weighted by atomic mass is 14.1. The Hall–Kier alpha value is -0.440. The van der Waals surface area contributed by atoms with E-state index >= 15 is 0 Å². The summed E-state index contributed by atoms with van der Waals surface area (Å²) >= 11 is 0. The van der Waals surface area contributed by atoms with Gasteiger partial charge in [0.05, 0.1) is 0 Å². The summed E-state index contributed by atoms with van der Waals surface area (Å²) in [6.45, 7) is 11.0. The van der Waals surface area contributed by atoms with E-state index in [-0.39, 0.29) is 0 Å². The highest BCUT2D eigenvalue weighted by molar-refractivity contribution is 4.54. The van der Waals surface area contributed by atoms with E-state index in [2.05, 4.69) is 33.6 Å². The van der Waals surface area contributed by atoms with E-state index in [1.807, 2.05) is 13.8 Å².